The van der Waals surface area contributed by atoms with E-state index in [4.69, 9.17) is 5.73 Å². The van der Waals surface area contributed by atoms with Gasteiger partial charge < -0.3 is 11.1 Å². The fourth-order valence-electron chi connectivity index (χ4n) is 1.55. The highest BCUT2D eigenvalue weighted by molar-refractivity contribution is 5.51. The summed E-state index contributed by atoms with van der Waals surface area (Å²) >= 11 is 0. The third-order valence-corrected chi connectivity index (χ3v) is 2.29. The number of nitrogens with two attached hydrogens (primary N) is 1. The zero-order valence-corrected chi connectivity index (χ0v) is 7.53. The molecule has 0 aliphatic heterocycles. The Labute approximate surface area is 78.5 Å². The second-order valence-corrected chi connectivity index (χ2v) is 3.41. The van der Waals surface area contributed by atoms with Crippen LogP contribution in [0, 0.1) is 0 Å². The second kappa shape index (κ2) is 3.52. The van der Waals surface area contributed by atoms with Crippen molar-refractivity contribution in [3.05, 3.63) is 36.4 Å². The summed E-state index contributed by atoms with van der Waals surface area (Å²) in [6, 6.07) is 8.46. The largest absolute Gasteiger partial charge is 0.399 e. The van der Waals surface area contributed by atoms with Crippen molar-refractivity contribution >= 4 is 11.4 Å². The van der Waals surface area contributed by atoms with E-state index in [0.717, 1.165) is 24.2 Å². The molecule has 1 aliphatic carbocycles. The fraction of sp³-hybridized carbons (Fsp3) is 0.273. The summed E-state index contributed by atoms with van der Waals surface area (Å²) in [5.74, 6) is 0. The first-order chi connectivity index (χ1) is 6.34. The van der Waals surface area contributed by atoms with Crippen LogP contribution in [-0.2, 0) is 0 Å². The van der Waals surface area contributed by atoms with Gasteiger partial charge in [0.2, 0.25) is 0 Å². The van der Waals surface area contributed by atoms with Crippen molar-refractivity contribution in [1.29, 1.82) is 0 Å². The molecule has 13 heavy (non-hydrogen) atoms. The summed E-state index contributed by atoms with van der Waals surface area (Å²) in [5, 5.41) is 3.45. The van der Waals surface area contributed by atoms with E-state index in [9.17, 15) is 0 Å². The summed E-state index contributed by atoms with van der Waals surface area (Å²) in [5.41, 5.74) is 7.57. The summed E-state index contributed by atoms with van der Waals surface area (Å²) in [6.45, 7) is 0. The minimum atomic E-state index is 0.573. The number of hydrogen-bond acceptors (Lipinski definition) is 2. The Morgan fingerprint density at radius 1 is 1.08 bits per heavy atom. The summed E-state index contributed by atoms with van der Waals surface area (Å²) in [4.78, 5) is 0. The molecule has 1 aromatic rings. The Morgan fingerprint density at radius 2 is 1.69 bits per heavy atom. The average Bonchev–Trinajstić information content (AvgIpc) is 2.62. The number of hydrogen-bond donors (Lipinski definition) is 2. The quantitative estimate of drug-likeness (QED) is 0.533. The van der Waals surface area contributed by atoms with E-state index >= 15 is 0 Å². The number of benzene rings is 1. The SMILES string of the molecule is Nc1ccc(NC2CC=CC2)cc1. The molecule has 0 fully saturated rings. The van der Waals surface area contributed by atoms with E-state index in [2.05, 4.69) is 17.5 Å². The van der Waals surface area contributed by atoms with Gasteiger partial charge in [0.05, 0.1) is 0 Å². The molecule has 68 valence electrons. The minimum absolute atomic E-state index is 0.573. The predicted molar refractivity (Wildman–Crippen MR) is 56.6 cm³/mol. The molecular weight excluding hydrogens is 160 g/mol. The van der Waals surface area contributed by atoms with Crippen LogP contribution >= 0.6 is 0 Å². The Balaban J connectivity index is 1.97. The second-order valence-electron chi connectivity index (χ2n) is 3.41. The van der Waals surface area contributed by atoms with Crippen LogP contribution in [0.5, 0.6) is 0 Å². The molecule has 2 nitrogen and oxygen atoms in total. The lowest BCUT2D eigenvalue weighted by Gasteiger charge is -2.13. The zero-order chi connectivity index (χ0) is 9.10. The molecule has 0 saturated carbocycles. The number of nitrogens with one attached hydrogen (secondary N) is 1. The fourth-order valence-corrected chi connectivity index (χ4v) is 1.55. The molecule has 3 N–H and O–H groups in total. The van der Waals surface area contributed by atoms with Crippen LogP contribution in [0.15, 0.2) is 36.4 Å². The molecule has 0 atom stereocenters. The Hall–Kier alpha value is -1.44. The first kappa shape index (κ1) is 8.17. The molecule has 1 aliphatic rings. The van der Waals surface area contributed by atoms with Crippen molar-refractivity contribution in [2.75, 3.05) is 11.1 Å². The Kier molecular flexibility index (Phi) is 2.21. The normalized spacial score (nSPS) is 16.3. The molecule has 0 saturated heterocycles. The monoisotopic (exact) mass is 174 g/mol. The van der Waals surface area contributed by atoms with Gasteiger partial charge in [-0.05, 0) is 37.1 Å². The highest BCUT2D eigenvalue weighted by Gasteiger charge is 2.08. The smallest absolute Gasteiger partial charge is 0.0344 e. The van der Waals surface area contributed by atoms with Crippen LogP contribution < -0.4 is 11.1 Å². The lowest BCUT2D eigenvalue weighted by Crippen LogP contribution is -2.14. The van der Waals surface area contributed by atoms with Crippen molar-refractivity contribution in [1.82, 2.24) is 0 Å². The van der Waals surface area contributed by atoms with Crippen LogP contribution in [-0.4, -0.2) is 6.04 Å². The maximum Gasteiger partial charge on any atom is 0.0344 e. The van der Waals surface area contributed by atoms with E-state index in [-0.39, 0.29) is 0 Å². The lowest BCUT2D eigenvalue weighted by atomic mass is 10.2. The molecule has 0 amide bonds. The molecular formula is C11H14N2. The minimum Gasteiger partial charge on any atom is -0.399 e. The Morgan fingerprint density at radius 3 is 2.31 bits per heavy atom. The van der Waals surface area contributed by atoms with Crippen molar-refractivity contribution < 1.29 is 0 Å². The van der Waals surface area contributed by atoms with Gasteiger partial charge in [-0.3, -0.25) is 0 Å². The van der Waals surface area contributed by atoms with Crippen molar-refractivity contribution in [2.24, 2.45) is 0 Å². The van der Waals surface area contributed by atoms with Gasteiger partial charge in [0.1, 0.15) is 0 Å². The third kappa shape index (κ3) is 2.02. The Bertz CT molecular complexity index is 292. The lowest BCUT2D eigenvalue weighted by molar-refractivity contribution is 0.787. The molecule has 1 aromatic carbocycles. The van der Waals surface area contributed by atoms with E-state index < -0.39 is 0 Å². The number of nitrogen functional groups attached to an aromatic ring is 1. The molecule has 0 heterocycles. The molecule has 2 heteroatoms. The molecule has 0 aromatic heterocycles. The van der Waals surface area contributed by atoms with Gasteiger partial charge in [-0.25, -0.2) is 0 Å². The maximum absolute atomic E-state index is 5.59. The molecule has 2 rings (SSSR count). The van der Waals surface area contributed by atoms with E-state index in [1.807, 2.05) is 24.3 Å². The average molecular weight is 174 g/mol. The van der Waals surface area contributed by atoms with Gasteiger partial charge in [-0.15, -0.1) is 0 Å². The zero-order valence-electron chi connectivity index (χ0n) is 7.53. The van der Waals surface area contributed by atoms with Crippen molar-refractivity contribution in [2.45, 2.75) is 18.9 Å². The van der Waals surface area contributed by atoms with Crippen molar-refractivity contribution in [3.63, 3.8) is 0 Å². The maximum atomic E-state index is 5.59. The number of anilines is 2. The highest BCUT2D eigenvalue weighted by atomic mass is 14.9. The van der Waals surface area contributed by atoms with E-state index in [1.165, 1.54) is 0 Å². The van der Waals surface area contributed by atoms with Gasteiger partial charge in [0.25, 0.3) is 0 Å². The summed E-state index contributed by atoms with van der Waals surface area (Å²) < 4.78 is 0. The van der Waals surface area contributed by atoms with Crippen LogP contribution in [0.3, 0.4) is 0 Å². The molecule has 0 radical (unpaired) electrons. The molecule has 0 unspecified atom stereocenters. The van der Waals surface area contributed by atoms with Gasteiger partial charge >= 0.3 is 0 Å². The standard InChI is InChI=1S/C11H14N2/c12-9-5-7-11(8-6-9)13-10-3-1-2-4-10/h1-2,5-8,10,13H,3-4,12H2. The number of rotatable bonds is 2. The van der Waals surface area contributed by atoms with Crippen LogP contribution in [0.2, 0.25) is 0 Å². The van der Waals surface area contributed by atoms with Crippen molar-refractivity contribution in [3.8, 4) is 0 Å². The van der Waals surface area contributed by atoms with Gasteiger partial charge in [0, 0.05) is 17.4 Å². The molecule has 0 spiro atoms. The van der Waals surface area contributed by atoms with Gasteiger partial charge in [-0.1, -0.05) is 12.2 Å². The first-order valence-corrected chi connectivity index (χ1v) is 4.62. The molecule has 0 bridgehead atoms. The highest BCUT2D eigenvalue weighted by Crippen LogP contribution is 2.17. The van der Waals surface area contributed by atoms with Crippen LogP contribution in [0.1, 0.15) is 12.8 Å². The third-order valence-electron chi connectivity index (χ3n) is 2.29. The first-order valence-electron chi connectivity index (χ1n) is 4.62. The predicted octanol–water partition coefficient (Wildman–Crippen LogP) is 2.40. The van der Waals surface area contributed by atoms with Gasteiger partial charge in [0.15, 0.2) is 0 Å². The van der Waals surface area contributed by atoms with Crippen LogP contribution in [0.4, 0.5) is 11.4 Å². The topological polar surface area (TPSA) is 38.0 Å². The van der Waals surface area contributed by atoms with E-state index in [1.54, 1.807) is 0 Å². The van der Waals surface area contributed by atoms with E-state index in [0.29, 0.717) is 6.04 Å². The van der Waals surface area contributed by atoms with Crippen LogP contribution in [0.25, 0.3) is 0 Å². The summed E-state index contributed by atoms with van der Waals surface area (Å²) in [7, 11) is 0. The summed E-state index contributed by atoms with van der Waals surface area (Å²) in [6.07, 6.45) is 6.69. The van der Waals surface area contributed by atoms with Gasteiger partial charge in [-0.2, -0.15) is 0 Å².